The highest BCUT2D eigenvalue weighted by Gasteiger charge is 2.17. The molecule has 0 amide bonds. The minimum absolute atomic E-state index is 0.176. The molecule has 3 rings (SSSR count). The van der Waals surface area contributed by atoms with Crippen molar-refractivity contribution in [3.05, 3.63) is 48.0 Å². The SMILES string of the molecule is BrC(C1=NCCN1)c1ccc2ccccc2c1. The van der Waals surface area contributed by atoms with Gasteiger partial charge in [0.15, 0.2) is 0 Å². The monoisotopic (exact) mass is 288 g/mol. The molecule has 0 spiro atoms. The van der Waals surface area contributed by atoms with E-state index in [9.17, 15) is 0 Å². The highest BCUT2D eigenvalue weighted by atomic mass is 79.9. The van der Waals surface area contributed by atoms with Crippen LogP contribution >= 0.6 is 15.9 Å². The molecule has 0 saturated carbocycles. The normalized spacial score (nSPS) is 16.6. The third-order valence-corrected chi connectivity index (χ3v) is 3.97. The molecule has 2 aromatic rings. The number of aliphatic imine (C=N–C) groups is 1. The van der Waals surface area contributed by atoms with Crippen molar-refractivity contribution < 1.29 is 0 Å². The van der Waals surface area contributed by atoms with Crippen molar-refractivity contribution in [3.8, 4) is 0 Å². The topological polar surface area (TPSA) is 24.4 Å². The number of benzene rings is 2. The molecular weight excluding hydrogens is 276 g/mol. The lowest BCUT2D eigenvalue weighted by atomic mass is 10.0. The van der Waals surface area contributed by atoms with Crippen LogP contribution in [0, 0.1) is 0 Å². The molecule has 0 saturated heterocycles. The van der Waals surface area contributed by atoms with Crippen molar-refractivity contribution >= 4 is 32.5 Å². The van der Waals surface area contributed by atoms with Gasteiger partial charge in [0, 0.05) is 6.54 Å². The first-order valence-electron chi connectivity index (χ1n) is 5.75. The highest BCUT2D eigenvalue weighted by Crippen LogP contribution is 2.27. The van der Waals surface area contributed by atoms with Crippen molar-refractivity contribution in [2.75, 3.05) is 13.1 Å². The van der Waals surface area contributed by atoms with Crippen LogP contribution in [0.2, 0.25) is 0 Å². The summed E-state index contributed by atoms with van der Waals surface area (Å²) in [5.74, 6) is 1.04. The Morgan fingerprint density at radius 1 is 1.12 bits per heavy atom. The van der Waals surface area contributed by atoms with Gasteiger partial charge in [-0.15, -0.1) is 0 Å². The molecule has 2 nitrogen and oxygen atoms in total. The first kappa shape index (κ1) is 10.8. The number of hydrogen-bond acceptors (Lipinski definition) is 2. The van der Waals surface area contributed by atoms with Crippen molar-refractivity contribution in [2.45, 2.75) is 4.83 Å². The van der Waals surface area contributed by atoms with Gasteiger partial charge in [0.05, 0.1) is 11.4 Å². The Labute approximate surface area is 109 Å². The summed E-state index contributed by atoms with van der Waals surface area (Å²) >= 11 is 3.71. The van der Waals surface area contributed by atoms with E-state index in [0.29, 0.717) is 0 Å². The summed E-state index contributed by atoms with van der Waals surface area (Å²) in [6, 6.07) is 14.9. The van der Waals surface area contributed by atoms with Crippen LogP contribution in [0.5, 0.6) is 0 Å². The Morgan fingerprint density at radius 2 is 1.94 bits per heavy atom. The van der Waals surface area contributed by atoms with E-state index in [1.807, 2.05) is 0 Å². The molecule has 1 unspecified atom stereocenters. The molecule has 3 heteroatoms. The predicted octanol–water partition coefficient (Wildman–Crippen LogP) is 3.28. The summed E-state index contributed by atoms with van der Waals surface area (Å²) in [7, 11) is 0. The van der Waals surface area contributed by atoms with Crippen LogP contribution < -0.4 is 5.32 Å². The van der Waals surface area contributed by atoms with Gasteiger partial charge in [-0.2, -0.15) is 0 Å². The number of hydrogen-bond donors (Lipinski definition) is 1. The fourth-order valence-corrected chi connectivity index (χ4v) is 2.70. The number of rotatable bonds is 2. The van der Waals surface area contributed by atoms with Gasteiger partial charge in [-0.1, -0.05) is 52.3 Å². The van der Waals surface area contributed by atoms with Gasteiger partial charge in [-0.05, 0) is 22.4 Å². The predicted molar refractivity (Wildman–Crippen MR) is 75.9 cm³/mol. The van der Waals surface area contributed by atoms with Gasteiger partial charge < -0.3 is 5.32 Å². The van der Waals surface area contributed by atoms with Gasteiger partial charge in [0.25, 0.3) is 0 Å². The van der Waals surface area contributed by atoms with Crippen molar-refractivity contribution in [2.24, 2.45) is 4.99 Å². The zero-order chi connectivity index (χ0) is 11.7. The Morgan fingerprint density at radius 3 is 2.71 bits per heavy atom. The number of halogens is 1. The largest absolute Gasteiger partial charge is 0.371 e. The second kappa shape index (κ2) is 4.49. The molecule has 1 aliphatic rings. The number of nitrogens with zero attached hydrogens (tertiary/aromatic N) is 1. The van der Waals surface area contributed by atoms with Crippen LogP contribution in [0.1, 0.15) is 10.4 Å². The quantitative estimate of drug-likeness (QED) is 0.843. The van der Waals surface area contributed by atoms with Crippen LogP contribution in [0.3, 0.4) is 0 Å². The summed E-state index contributed by atoms with van der Waals surface area (Å²) in [5.41, 5.74) is 1.25. The number of fused-ring (bicyclic) bond motifs is 1. The van der Waals surface area contributed by atoms with Gasteiger partial charge in [0.2, 0.25) is 0 Å². The standard InChI is InChI=1S/C14H13BrN2/c15-13(14-16-7-8-17-14)12-6-5-10-3-1-2-4-11(10)9-12/h1-6,9,13H,7-8H2,(H,16,17). The maximum absolute atomic E-state index is 4.45. The van der Waals surface area contributed by atoms with Gasteiger partial charge in [-0.25, -0.2) is 0 Å². The maximum atomic E-state index is 4.45. The van der Waals surface area contributed by atoms with Crippen LogP contribution in [0.25, 0.3) is 10.8 Å². The van der Waals surface area contributed by atoms with Crippen molar-refractivity contribution in [1.29, 1.82) is 0 Å². The van der Waals surface area contributed by atoms with Crippen LogP contribution in [0.4, 0.5) is 0 Å². The van der Waals surface area contributed by atoms with E-state index in [1.165, 1.54) is 16.3 Å². The molecule has 86 valence electrons. The third-order valence-electron chi connectivity index (χ3n) is 3.01. The van der Waals surface area contributed by atoms with Crippen molar-refractivity contribution in [1.82, 2.24) is 5.32 Å². The minimum atomic E-state index is 0.176. The Kier molecular flexibility index (Phi) is 2.85. The van der Waals surface area contributed by atoms with Crippen LogP contribution in [0.15, 0.2) is 47.5 Å². The first-order valence-corrected chi connectivity index (χ1v) is 6.67. The Bertz CT molecular complexity index is 577. The molecule has 1 N–H and O–H groups in total. The molecule has 1 atom stereocenters. The van der Waals surface area contributed by atoms with Crippen LogP contribution in [-0.4, -0.2) is 18.9 Å². The Balaban J connectivity index is 2.00. The van der Waals surface area contributed by atoms with E-state index < -0.39 is 0 Å². The molecule has 2 aromatic carbocycles. The lowest BCUT2D eigenvalue weighted by Crippen LogP contribution is -2.22. The van der Waals surface area contributed by atoms with E-state index >= 15 is 0 Å². The van der Waals surface area contributed by atoms with Gasteiger partial charge in [0.1, 0.15) is 5.84 Å². The maximum Gasteiger partial charge on any atom is 0.115 e. The molecular formula is C14H13BrN2. The van der Waals surface area contributed by atoms with E-state index in [0.717, 1.165) is 18.9 Å². The van der Waals surface area contributed by atoms with E-state index in [2.05, 4.69) is 68.7 Å². The zero-order valence-corrected chi connectivity index (χ0v) is 10.9. The third kappa shape index (κ3) is 2.07. The molecule has 0 radical (unpaired) electrons. The number of alkyl halides is 1. The number of nitrogens with one attached hydrogen (secondary N) is 1. The minimum Gasteiger partial charge on any atom is -0.371 e. The lowest BCUT2D eigenvalue weighted by Gasteiger charge is -2.11. The fourth-order valence-electron chi connectivity index (χ4n) is 2.11. The first-order chi connectivity index (χ1) is 8.34. The smallest absolute Gasteiger partial charge is 0.115 e. The Hall–Kier alpha value is -1.35. The second-order valence-electron chi connectivity index (χ2n) is 4.16. The lowest BCUT2D eigenvalue weighted by molar-refractivity contribution is 0.953. The van der Waals surface area contributed by atoms with Gasteiger partial charge in [-0.3, -0.25) is 4.99 Å². The summed E-state index contributed by atoms with van der Waals surface area (Å²) < 4.78 is 0. The summed E-state index contributed by atoms with van der Waals surface area (Å²) in [5, 5.41) is 5.85. The molecule has 0 aromatic heterocycles. The van der Waals surface area contributed by atoms with E-state index in [1.54, 1.807) is 0 Å². The fraction of sp³-hybridized carbons (Fsp3) is 0.214. The summed E-state index contributed by atoms with van der Waals surface area (Å²) in [4.78, 5) is 4.63. The highest BCUT2D eigenvalue weighted by molar-refractivity contribution is 9.09. The zero-order valence-electron chi connectivity index (χ0n) is 9.36. The summed E-state index contributed by atoms with van der Waals surface area (Å²) in [6.45, 7) is 1.83. The van der Waals surface area contributed by atoms with Gasteiger partial charge >= 0.3 is 0 Å². The molecule has 0 fully saturated rings. The molecule has 17 heavy (non-hydrogen) atoms. The second-order valence-corrected chi connectivity index (χ2v) is 5.08. The average Bonchev–Trinajstić information content (AvgIpc) is 2.91. The average molecular weight is 289 g/mol. The van der Waals surface area contributed by atoms with Crippen LogP contribution in [-0.2, 0) is 0 Å². The van der Waals surface area contributed by atoms with Crippen molar-refractivity contribution in [3.63, 3.8) is 0 Å². The molecule has 1 aliphatic heterocycles. The summed E-state index contributed by atoms with van der Waals surface area (Å²) in [6.07, 6.45) is 0. The molecule has 1 heterocycles. The van der Waals surface area contributed by atoms with E-state index in [4.69, 9.17) is 0 Å². The number of amidine groups is 1. The molecule has 0 aliphatic carbocycles. The van der Waals surface area contributed by atoms with E-state index in [-0.39, 0.29) is 4.83 Å². The molecule has 0 bridgehead atoms.